The zero-order valence-corrected chi connectivity index (χ0v) is 14.3. The molecule has 120 valence electrons. The van der Waals surface area contributed by atoms with Gasteiger partial charge in [-0.2, -0.15) is 0 Å². The fraction of sp³-hybridized carbons (Fsp3) is 0.176. The summed E-state index contributed by atoms with van der Waals surface area (Å²) >= 11 is 11.9. The molecular weight excluding hydrogens is 335 g/mol. The first-order valence-corrected chi connectivity index (χ1v) is 7.72. The second kappa shape index (κ2) is 7.49. The fourth-order valence-electron chi connectivity index (χ4n) is 2.08. The largest absolute Gasteiger partial charge is 0.324 e. The van der Waals surface area contributed by atoms with Crippen molar-refractivity contribution in [1.82, 2.24) is 0 Å². The molecule has 6 heteroatoms. The second-order valence-electron chi connectivity index (χ2n) is 5.07. The molecule has 0 unspecified atom stereocenters. The number of halogens is 2. The van der Waals surface area contributed by atoms with Gasteiger partial charge in [0.2, 0.25) is 11.8 Å². The maximum absolute atomic E-state index is 12.2. The molecule has 2 aromatic carbocycles. The molecule has 0 aliphatic rings. The Kier molecular flexibility index (Phi) is 5.64. The zero-order valence-electron chi connectivity index (χ0n) is 12.8. The van der Waals surface area contributed by atoms with Crippen molar-refractivity contribution >= 4 is 46.4 Å². The summed E-state index contributed by atoms with van der Waals surface area (Å²) in [5.41, 5.74) is 2.19. The van der Waals surface area contributed by atoms with Gasteiger partial charge in [0.05, 0.1) is 10.0 Å². The van der Waals surface area contributed by atoms with E-state index in [1.165, 1.54) is 11.8 Å². The van der Waals surface area contributed by atoms with E-state index in [4.69, 9.17) is 23.2 Å². The highest BCUT2D eigenvalue weighted by Crippen LogP contribution is 2.27. The Hall–Kier alpha value is -2.04. The quantitative estimate of drug-likeness (QED) is 0.893. The molecule has 0 heterocycles. The van der Waals surface area contributed by atoms with Crippen LogP contribution in [-0.4, -0.2) is 18.4 Å². The number of nitrogens with zero attached hydrogens (tertiary/aromatic N) is 1. The number of hydrogen-bond donors (Lipinski definition) is 1. The van der Waals surface area contributed by atoms with E-state index in [2.05, 4.69) is 5.32 Å². The zero-order chi connectivity index (χ0) is 17.0. The predicted molar refractivity (Wildman–Crippen MR) is 94.3 cm³/mol. The Morgan fingerprint density at radius 2 is 1.78 bits per heavy atom. The molecule has 0 spiro atoms. The smallest absolute Gasteiger partial charge is 0.244 e. The maximum Gasteiger partial charge on any atom is 0.244 e. The molecule has 2 aromatic rings. The van der Waals surface area contributed by atoms with Crippen LogP contribution >= 0.6 is 23.2 Å². The van der Waals surface area contributed by atoms with Crippen LogP contribution in [0.25, 0.3) is 0 Å². The van der Waals surface area contributed by atoms with Gasteiger partial charge < -0.3 is 10.2 Å². The van der Waals surface area contributed by atoms with Crippen LogP contribution in [0.3, 0.4) is 0 Å². The molecule has 1 N–H and O–H groups in total. The molecule has 0 fully saturated rings. The first kappa shape index (κ1) is 17.3. The molecule has 23 heavy (non-hydrogen) atoms. The molecular formula is C17H16Cl2N2O2. The Morgan fingerprint density at radius 1 is 1.09 bits per heavy atom. The van der Waals surface area contributed by atoms with Crippen molar-refractivity contribution in [3.63, 3.8) is 0 Å². The number of carbonyl (C=O) groups excluding carboxylic acids is 2. The minimum absolute atomic E-state index is 0.109. The lowest BCUT2D eigenvalue weighted by Gasteiger charge is -2.21. The Bertz CT molecular complexity index is 747. The normalized spacial score (nSPS) is 10.3. The lowest BCUT2D eigenvalue weighted by Crippen LogP contribution is -2.36. The Labute approximate surface area is 145 Å². The van der Waals surface area contributed by atoms with Crippen LogP contribution < -0.4 is 10.2 Å². The third kappa shape index (κ3) is 4.47. The van der Waals surface area contributed by atoms with Gasteiger partial charge in [-0.1, -0.05) is 41.4 Å². The summed E-state index contributed by atoms with van der Waals surface area (Å²) in [5.74, 6) is -0.552. The van der Waals surface area contributed by atoms with E-state index < -0.39 is 0 Å². The number of anilines is 2. The highest BCUT2D eigenvalue weighted by Gasteiger charge is 2.17. The van der Waals surface area contributed by atoms with Crippen LogP contribution in [0.15, 0.2) is 42.5 Å². The summed E-state index contributed by atoms with van der Waals surface area (Å²) in [6.45, 7) is 3.18. The van der Waals surface area contributed by atoms with Crippen molar-refractivity contribution < 1.29 is 9.59 Å². The molecule has 0 aliphatic heterocycles. The van der Waals surface area contributed by atoms with E-state index in [9.17, 15) is 9.59 Å². The SMILES string of the molecule is CC(=O)N(CC(=O)Nc1ccccc1C)c1ccc(Cl)c(Cl)c1. The molecule has 0 aromatic heterocycles. The second-order valence-corrected chi connectivity index (χ2v) is 5.88. The van der Waals surface area contributed by atoms with Crippen LogP contribution in [0.1, 0.15) is 12.5 Å². The summed E-state index contributed by atoms with van der Waals surface area (Å²) in [6.07, 6.45) is 0. The maximum atomic E-state index is 12.2. The van der Waals surface area contributed by atoms with Crippen LogP contribution in [0.4, 0.5) is 11.4 Å². The monoisotopic (exact) mass is 350 g/mol. The van der Waals surface area contributed by atoms with Gasteiger partial charge in [0, 0.05) is 18.3 Å². The molecule has 2 rings (SSSR count). The molecule has 0 bridgehead atoms. The first-order chi connectivity index (χ1) is 10.9. The summed E-state index contributed by atoms with van der Waals surface area (Å²) in [4.78, 5) is 25.4. The number of amides is 2. The van der Waals surface area contributed by atoms with E-state index >= 15 is 0 Å². The number of benzene rings is 2. The van der Waals surface area contributed by atoms with Crippen LogP contribution in [0.5, 0.6) is 0 Å². The summed E-state index contributed by atoms with van der Waals surface area (Å²) in [5, 5.41) is 3.52. The van der Waals surface area contributed by atoms with E-state index in [0.29, 0.717) is 15.7 Å². The number of aryl methyl sites for hydroxylation is 1. The molecule has 0 radical (unpaired) electrons. The number of nitrogens with one attached hydrogen (secondary N) is 1. The number of carbonyl (C=O) groups is 2. The lowest BCUT2D eigenvalue weighted by atomic mass is 10.2. The van der Waals surface area contributed by atoms with Gasteiger partial charge in [-0.25, -0.2) is 0 Å². The van der Waals surface area contributed by atoms with E-state index in [-0.39, 0.29) is 18.4 Å². The first-order valence-electron chi connectivity index (χ1n) is 6.97. The molecule has 2 amide bonds. The standard InChI is InChI=1S/C17H16Cl2N2O2/c1-11-5-3-4-6-16(11)20-17(23)10-21(12(2)22)13-7-8-14(18)15(19)9-13/h3-9H,10H2,1-2H3,(H,20,23). The van der Waals surface area contributed by atoms with Crippen LogP contribution in [0.2, 0.25) is 10.0 Å². The average molecular weight is 351 g/mol. The van der Waals surface area contributed by atoms with Gasteiger partial charge in [0.25, 0.3) is 0 Å². The van der Waals surface area contributed by atoms with E-state index in [0.717, 1.165) is 11.3 Å². The van der Waals surface area contributed by atoms with Gasteiger partial charge >= 0.3 is 0 Å². The third-order valence-electron chi connectivity index (χ3n) is 3.32. The predicted octanol–water partition coefficient (Wildman–Crippen LogP) is 4.29. The van der Waals surface area contributed by atoms with E-state index in [1.807, 2.05) is 31.2 Å². The van der Waals surface area contributed by atoms with Gasteiger partial charge in [0.1, 0.15) is 6.54 Å². The number of hydrogen-bond acceptors (Lipinski definition) is 2. The minimum atomic E-state index is -0.291. The summed E-state index contributed by atoms with van der Waals surface area (Å²) < 4.78 is 0. The summed E-state index contributed by atoms with van der Waals surface area (Å²) in [6, 6.07) is 12.2. The average Bonchev–Trinajstić information content (AvgIpc) is 2.50. The summed E-state index contributed by atoms with van der Waals surface area (Å²) in [7, 11) is 0. The highest BCUT2D eigenvalue weighted by molar-refractivity contribution is 6.42. The highest BCUT2D eigenvalue weighted by atomic mass is 35.5. The number of rotatable bonds is 4. The lowest BCUT2D eigenvalue weighted by molar-refractivity contribution is -0.120. The van der Waals surface area contributed by atoms with Crippen LogP contribution in [0, 0.1) is 6.92 Å². The molecule has 0 saturated heterocycles. The Morgan fingerprint density at radius 3 is 2.39 bits per heavy atom. The third-order valence-corrected chi connectivity index (χ3v) is 4.05. The van der Waals surface area contributed by atoms with Crippen molar-refractivity contribution in [2.24, 2.45) is 0 Å². The molecule has 4 nitrogen and oxygen atoms in total. The molecule has 0 saturated carbocycles. The van der Waals surface area contributed by atoms with Crippen molar-refractivity contribution in [1.29, 1.82) is 0 Å². The van der Waals surface area contributed by atoms with Crippen molar-refractivity contribution in [3.05, 3.63) is 58.1 Å². The topological polar surface area (TPSA) is 49.4 Å². The van der Waals surface area contributed by atoms with Gasteiger partial charge in [-0.3, -0.25) is 9.59 Å². The van der Waals surface area contributed by atoms with E-state index in [1.54, 1.807) is 18.2 Å². The van der Waals surface area contributed by atoms with Crippen molar-refractivity contribution in [2.75, 3.05) is 16.8 Å². The van der Waals surface area contributed by atoms with Crippen LogP contribution in [-0.2, 0) is 9.59 Å². The van der Waals surface area contributed by atoms with Gasteiger partial charge in [-0.05, 0) is 36.8 Å². The molecule has 0 aliphatic carbocycles. The van der Waals surface area contributed by atoms with Crippen molar-refractivity contribution in [2.45, 2.75) is 13.8 Å². The van der Waals surface area contributed by atoms with Gasteiger partial charge in [-0.15, -0.1) is 0 Å². The Balaban J connectivity index is 2.16. The number of para-hydroxylation sites is 1. The van der Waals surface area contributed by atoms with Crippen molar-refractivity contribution in [3.8, 4) is 0 Å². The van der Waals surface area contributed by atoms with Gasteiger partial charge in [0.15, 0.2) is 0 Å². The fourth-order valence-corrected chi connectivity index (χ4v) is 2.38. The molecule has 0 atom stereocenters. The minimum Gasteiger partial charge on any atom is -0.324 e.